The summed E-state index contributed by atoms with van der Waals surface area (Å²) in [6.45, 7) is 3.57. The van der Waals surface area contributed by atoms with Crippen LogP contribution in [0.5, 0.6) is 0 Å². The Morgan fingerprint density at radius 3 is 2.89 bits per heavy atom. The molecular formula is C14H18N2O3. The van der Waals surface area contributed by atoms with E-state index in [0.29, 0.717) is 25.3 Å². The Hall–Kier alpha value is -1.85. The summed E-state index contributed by atoms with van der Waals surface area (Å²) in [5, 5.41) is 0.913. The number of rotatable bonds is 6. The number of amides is 1. The molecule has 2 aromatic rings. The second kappa shape index (κ2) is 6.36. The highest BCUT2D eigenvalue weighted by Crippen LogP contribution is 2.21. The minimum atomic E-state index is -0.228. The molecule has 5 nitrogen and oxygen atoms in total. The van der Waals surface area contributed by atoms with Crippen molar-refractivity contribution in [3.8, 4) is 0 Å². The lowest BCUT2D eigenvalue weighted by atomic mass is 10.2. The number of para-hydroxylation sites is 1. The molecule has 0 saturated carbocycles. The van der Waals surface area contributed by atoms with Crippen molar-refractivity contribution < 1.29 is 14.4 Å². The van der Waals surface area contributed by atoms with Crippen molar-refractivity contribution in [1.29, 1.82) is 0 Å². The first-order chi connectivity index (χ1) is 9.27. The molecule has 1 amide bonds. The van der Waals surface area contributed by atoms with Crippen molar-refractivity contribution in [3.05, 3.63) is 36.0 Å². The first kappa shape index (κ1) is 13.6. The number of benzene rings is 1. The van der Waals surface area contributed by atoms with Crippen LogP contribution in [0, 0.1) is 0 Å². The summed E-state index contributed by atoms with van der Waals surface area (Å²) >= 11 is 0. The maximum Gasteiger partial charge on any atom is 0.277 e. The average Bonchev–Trinajstić information content (AvgIpc) is 2.81. The topological polar surface area (TPSA) is 52.5 Å². The Kier molecular flexibility index (Phi) is 4.54. The van der Waals surface area contributed by atoms with E-state index in [2.05, 4.69) is 5.48 Å². The van der Waals surface area contributed by atoms with E-state index in [9.17, 15) is 4.79 Å². The lowest BCUT2D eigenvalue weighted by Crippen LogP contribution is -2.23. The molecule has 0 aliphatic carbocycles. The highest BCUT2D eigenvalue weighted by atomic mass is 16.6. The zero-order valence-electron chi connectivity index (χ0n) is 11.2. The molecule has 19 heavy (non-hydrogen) atoms. The number of ether oxygens (including phenoxy) is 1. The van der Waals surface area contributed by atoms with Crippen LogP contribution in [0.2, 0.25) is 0 Å². The number of nitrogens with one attached hydrogen (secondary N) is 1. The van der Waals surface area contributed by atoms with Gasteiger partial charge in [0.05, 0.1) is 18.8 Å². The summed E-state index contributed by atoms with van der Waals surface area (Å²) in [4.78, 5) is 17.0. The summed E-state index contributed by atoms with van der Waals surface area (Å²) in [6.07, 6.45) is 1.83. The lowest BCUT2D eigenvalue weighted by molar-refractivity contribution is 0.0366. The van der Waals surface area contributed by atoms with Gasteiger partial charge in [-0.2, -0.15) is 0 Å². The van der Waals surface area contributed by atoms with E-state index in [4.69, 9.17) is 9.57 Å². The molecule has 1 aromatic carbocycles. The first-order valence-electron chi connectivity index (χ1n) is 6.27. The van der Waals surface area contributed by atoms with Crippen molar-refractivity contribution in [2.75, 3.05) is 20.3 Å². The minimum absolute atomic E-state index is 0.228. The molecule has 0 aliphatic heterocycles. The zero-order chi connectivity index (χ0) is 13.7. The van der Waals surface area contributed by atoms with E-state index in [1.165, 1.54) is 0 Å². The summed E-state index contributed by atoms with van der Waals surface area (Å²) in [5.41, 5.74) is 4.05. The Morgan fingerprint density at radius 2 is 2.16 bits per heavy atom. The number of carbonyl (C=O) groups excluding carboxylic acids is 1. The third-order valence-electron chi connectivity index (χ3n) is 2.88. The predicted molar refractivity (Wildman–Crippen MR) is 72.9 cm³/mol. The number of hydrogen-bond donors (Lipinski definition) is 1. The van der Waals surface area contributed by atoms with Gasteiger partial charge < -0.3 is 9.30 Å². The van der Waals surface area contributed by atoms with E-state index in [1.54, 1.807) is 7.11 Å². The van der Waals surface area contributed by atoms with Crippen molar-refractivity contribution in [1.82, 2.24) is 10.0 Å². The maximum absolute atomic E-state index is 12.0. The predicted octanol–water partition coefficient (Wildman–Crippen LogP) is 1.97. The zero-order valence-corrected chi connectivity index (χ0v) is 11.2. The van der Waals surface area contributed by atoms with E-state index >= 15 is 0 Å². The van der Waals surface area contributed by atoms with E-state index in [0.717, 1.165) is 10.9 Å². The van der Waals surface area contributed by atoms with E-state index < -0.39 is 0 Å². The first-order valence-corrected chi connectivity index (χ1v) is 6.27. The third-order valence-corrected chi connectivity index (χ3v) is 2.88. The van der Waals surface area contributed by atoms with Gasteiger partial charge >= 0.3 is 0 Å². The number of carbonyl (C=O) groups is 1. The second-order valence-electron chi connectivity index (χ2n) is 4.11. The number of fused-ring (bicyclic) bond motifs is 1. The Bertz CT molecular complexity index is 563. The number of hydroxylamine groups is 1. The summed E-state index contributed by atoms with van der Waals surface area (Å²) in [5.74, 6) is -0.228. The van der Waals surface area contributed by atoms with Crippen molar-refractivity contribution in [3.63, 3.8) is 0 Å². The molecule has 1 heterocycles. The molecule has 0 atom stereocenters. The summed E-state index contributed by atoms with van der Waals surface area (Å²) in [6, 6.07) is 7.79. The highest BCUT2D eigenvalue weighted by molar-refractivity contribution is 6.06. The molecule has 102 valence electrons. The molecule has 2 rings (SSSR count). The molecule has 0 saturated heterocycles. The van der Waals surface area contributed by atoms with Gasteiger partial charge in [-0.25, -0.2) is 5.48 Å². The molecule has 0 unspecified atom stereocenters. The lowest BCUT2D eigenvalue weighted by Gasteiger charge is -2.03. The van der Waals surface area contributed by atoms with Crippen LogP contribution < -0.4 is 5.48 Å². The van der Waals surface area contributed by atoms with Gasteiger partial charge in [-0.1, -0.05) is 18.2 Å². The largest absolute Gasteiger partial charge is 0.383 e. The maximum atomic E-state index is 12.0. The van der Waals surface area contributed by atoms with Gasteiger partial charge in [0.25, 0.3) is 5.91 Å². The third kappa shape index (κ3) is 2.94. The van der Waals surface area contributed by atoms with Crippen LogP contribution in [0.1, 0.15) is 17.3 Å². The molecular weight excluding hydrogens is 244 g/mol. The summed E-state index contributed by atoms with van der Waals surface area (Å²) in [7, 11) is 1.66. The normalized spacial score (nSPS) is 10.8. The Balaban J connectivity index is 2.35. The van der Waals surface area contributed by atoms with Gasteiger partial charge in [-0.15, -0.1) is 0 Å². The molecule has 1 N–H and O–H groups in total. The number of nitrogens with zero attached hydrogens (tertiary/aromatic N) is 1. The molecule has 0 spiro atoms. The van der Waals surface area contributed by atoms with Crippen LogP contribution >= 0.6 is 0 Å². The SMILES string of the molecule is CCONC(=O)c1cn(CCOC)c2ccccc12. The van der Waals surface area contributed by atoms with Gasteiger partial charge in [-0.3, -0.25) is 9.63 Å². The van der Waals surface area contributed by atoms with Crippen LogP contribution in [-0.4, -0.2) is 30.8 Å². The fraction of sp³-hybridized carbons (Fsp3) is 0.357. The van der Waals surface area contributed by atoms with Crippen molar-refractivity contribution >= 4 is 16.8 Å². The summed E-state index contributed by atoms with van der Waals surface area (Å²) < 4.78 is 7.10. The molecule has 0 radical (unpaired) electrons. The number of aromatic nitrogens is 1. The smallest absolute Gasteiger partial charge is 0.277 e. The monoisotopic (exact) mass is 262 g/mol. The van der Waals surface area contributed by atoms with Gasteiger partial charge in [0.15, 0.2) is 0 Å². The second-order valence-corrected chi connectivity index (χ2v) is 4.11. The van der Waals surface area contributed by atoms with Gasteiger partial charge in [0.2, 0.25) is 0 Å². The molecule has 0 aliphatic rings. The van der Waals surface area contributed by atoms with Crippen LogP contribution in [-0.2, 0) is 16.1 Å². The molecule has 5 heteroatoms. The van der Waals surface area contributed by atoms with Crippen LogP contribution in [0.3, 0.4) is 0 Å². The average molecular weight is 262 g/mol. The number of methoxy groups -OCH3 is 1. The van der Waals surface area contributed by atoms with E-state index in [1.807, 2.05) is 42.0 Å². The number of hydrogen-bond acceptors (Lipinski definition) is 3. The van der Waals surface area contributed by atoms with Gasteiger partial charge in [-0.05, 0) is 13.0 Å². The standard InChI is InChI=1S/C14H18N2O3/c1-3-19-15-14(17)12-10-16(8-9-18-2)13-7-5-4-6-11(12)13/h4-7,10H,3,8-9H2,1-2H3,(H,15,17). The Morgan fingerprint density at radius 1 is 1.37 bits per heavy atom. The van der Waals surface area contributed by atoms with Crippen molar-refractivity contribution in [2.24, 2.45) is 0 Å². The minimum Gasteiger partial charge on any atom is -0.383 e. The van der Waals surface area contributed by atoms with Gasteiger partial charge in [0.1, 0.15) is 0 Å². The van der Waals surface area contributed by atoms with Crippen LogP contribution in [0.15, 0.2) is 30.5 Å². The fourth-order valence-electron chi connectivity index (χ4n) is 2.00. The van der Waals surface area contributed by atoms with E-state index in [-0.39, 0.29) is 5.91 Å². The quantitative estimate of drug-likeness (QED) is 0.810. The van der Waals surface area contributed by atoms with Gasteiger partial charge in [0, 0.05) is 30.8 Å². The molecule has 0 fully saturated rings. The highest BCUT2D eigenvalue weighted by Gasteiger charge is 2.14. The molecule has 0 bridgehead atoms. The Labute approximate surface area is 112 Å². The van der Waals surface area contributed by atoms with Crippen LogP contribution in [0.25, 0.3) is 10.9 Å². The van der Waals surface area contributed by atoms with Crippen LogP contribution in [0.4, 0.5) is 0 Å². The fourth-order valence-corrected chi connectivity index (χ4v) is 2.00. The molecule has 1 aromatic heterocycles. The van der Waals surface area contributed by atoms with Crippen molar-refractivity contribution in [2.45, 2.75) is 13.5 Å².